The minimum Gasteiger partial charge on any atom is -0.481 e. The number of nitrogens with one attached hydrogen (secondary N) is 21. The Morgan fingerprint density at radius 3 is 1.08 bits per heavy atom. The molecule has 0 fully saturated rings. The summed E-state index contributed by atoms with van der Waals surface area (Å²) in [5.41, 5.74) is 23.6. The number of carboxylic acid groups (broad SMARTS) is 3. The van der Waals surface area contributed by atoms with E-state index in [1.165, 1.54) is 19.1 Å². The van der Waals surface area contributed by atoms with E-state index in [0.717, 1.165) is 20.8 Å². The number of unbranched alkanes of at least 4 members (excludes halogenated alkanes) is 1. The Hall–Kier alpha value is -14.4. The van der Waals surface area contributed by atoms with Gasteiger partial charge in [-0.3, -0.25) is 111 Å². The number of carbonyl (C=O) groups is 23. The first-order valence-corrected chi connectivity index (χ1v) is 48.9. The SMILES string of the molecule is CC[C@H](C)[C@H](NC(=O)[C@@H](NC(=O)[C@H](CC(C)C)NC(=O)[C@@H](NC(=O)[C@H](Cc1ccccc1)NC(=O)[C@H](CCC(N)=O)NC(=O)[C@@H](NC(=O)CNC(=O)[C@H](CO)NC(=O)CNC(=O)[C@H](CO)NC(=O)CNC(=O)[C@H](CCCCN)NC(=O)[C@H](Cc1ccccc1)NC(=O)[C@@H](N)CCCNC(=N)N)[C@@H](C)O)[C@@H](C)O)[C@@H](C)O)C(=O)N[C@@H](CO)C(=O)N[C@@H](CC(=O)O)C(=O)N[C@@H](CC(C)C)C(=O)N[C@@H](CCC(=O)O)C(=O)N[C@@H](CS)C(=O)O. The number of carbonyl (C=O) groups excluding carboxylic acids is 20. The molecule has 21 atom stereocenters. The average Bonchev–Trinajstić information content (AvgIpc) is 0.840. The number of thiol groups is 1. The molecule has 0 saturated heterocycles. The second-order valence-electron chi connectivity index (χ2n) is 36.2. The number of aliphatic hydroxyl groups excluding tert-OH is 6. The molecule has 838 valence electrons. The van der Waals surface area contributed by atoms with E-state index in [2.05, 4.69) is 119 Å². The van der Waals surface area contributed by atoms with Gasteiger partial charge in [-0.1, -0.05) is 109 Å². The van der Waals surface area contributed by atoms with Gasteiger partial charge in [0.25, 0.3) is 0 Å². The summed E-state index contributed by atoms with van der Waals surface area (Å²) in [7, 11) is 0. The Kier molecular flexibility index (Phi) is 60.5. The number of hydrogen-bond donors (Lipinski definition) is 35. The molecule has 20 amide bonds. The number of aliphatic hydroxyl groups is 6. The van der Waals surface area contributed by atoms with Crippen molar-refractivity contribution in [3.05, 3.63) is 71.8 Å². The van der Waals surface area contributed by atoms with E-state index in [1.807, 2.05) is 0 Å². The van der Waals surface area contributed by atoms with E-state index >= 15 is 0 Å². The molecule has 58 heteroatoms. The zero-order valence-corrected chi connectivity index (χ0v) is 85.6. The molecule has 38 N–H and O–H groups in total. The molecule has 0 radical (unpaired) electrons. The van der Waals surface area contributed by atoms with Crippen LogP contribution in [-0.2, 0) is 123 Å². The molecule has 0 aliphatic carbocycles. The van der Waals surface area contributed by atoms with E-state index in [9.17, 15) is 156 Å². The van der Waals surface area contributed by atoms with Crippen molar-refractivity contribution in [2.45, 2.75) is 280 Å². The van der Waals surface area contributed by atoms with Crippen molar-refractivity contribution < 1.29 is 156 Å². The first-order chi connectivity index (χ1) is 70.5. The highest BCUT2D eigenvalue weighted by molar-refractivity contribution is 7.80. The molecule has 0 unspecified atom stereocenters. The lowest BCUT2D eigenvalue weighted by Gasteiger charge is -2.31. The lowest BCUT2D eigenvalue weighted by molar-refractivity contribution is -0.142. The van der Waals surface area contributed by atoms with E-state index < -0.39 is 359 Å². The van der Waals surface area contributed by atoms with Crippen LogP contribution in [0.3, 0.4) is 0 Å². The molecule has 0 aliphatic rings. The zero-order chi connectivity index (χ0) is 113. The number of amides is 20. The van der Waals surface area contributed by atoms with Crippen LogP contribution in [0.5, 0.6) is 0 Å². The maximum absolute atomic E-state index is 14.7. The second kappa shape index (κ2) is 69.0. The van der Waals surface area contributed by atoms with Gasteiger partial charge in [0.15, 0.2) is 5.96 Å². The molecular weight excluding hydrogens is 2000 g/mol. The molecule has 2 aromatic carbocycles. The fraction of sp³-hybridized carbons (Fsp3) is 0.609. The van der Waals surface area contributed by atoms with Crippen LogP contribution in [-0.4, -0.2) is 367 Å². The van der Waals surface area contributed by atoms with E-state index in [4.69, 9.17) is 28.3 Å². The fourth-order valence-electron chi connectivity index (χ4n) is 14.2. The molecule has 0 aromatic heterocycles. The molecule has 150 heavy (non-hydrogen) atoms. The molecule has 57 nitrogen and oxygen atoms in total. The van der Waals surface area contributed by atoms with E-state index in [1.54, 1.807) is 83.1 Å². The number of nitrogens with two attached hydrogens (primary N) is 4. The Morgan fingerprint density at radius 2 is 0.673 bits per heavy atom. The predicted molar refractivity (Wildman–Crippen MR) is 534 cm³/mol. The third-order valence-electron chi connectivity index (χ3n) is 22.6. The summed E-state index contributed by atoms with van der Waals surface area (Å²) in [4.78, 5) is 310. The quantitative estimate of drug-likeness (QED) is 0.0127. The van der Waals surface area contributed by atoms with Gasteiger partial charge in [-0.15, -0.1) is 0 Å². The smallest absolute Gasteiger partial charge is 0.327 e. The molecular formula is C92H147N25O32S. The third-order valence-corrected chi connectivity index (χ3v) is 23.0. The third kappa shape index (κ3) is 50.0. The average molecular weight is 2150 g/mol. The number of carboxylic acids is 3. The van der Waals surface area contributed by atoms with Crippen LogP contribution < -0.4 is 129 Å². The maximum atomic E-state index is 14.7. The lowest BCUT2D eigenvalue weighted by Crippen LogP contribution is -2.64. The van der Waals surface area contributed by atoms with Crippen molar-refractivity contribution in [1.82, 2.24) is 106 Å². The van der Waals surface area contributed by atoms with Crippen LogP contribution in [0.1, 0.15) is 157 Å². The van der Waals surface area contributed by atoms with Gasteiger partial charge < -0.3 is 175 Å². The maximum Gasteiger partial charge on any atom is 0.327 e. The highest BCUT2D eigenvalue weighted by Gasteiger charge is 2.42. The van der Waals surface area contributed by atoms with Gasteiger partial charge in [-0.2, -0.15) is 12.6 Å². The Labute approximate surface area is 869 Å². The summed E-state index contributed by atoms with van der Waals surface area (Å²) in [5.74, 6) is -30.3. The molecule has 0 heterocycles. The van der Waals surface area contributed by atoms with Gasteiger partial charge in [0.1, 0.15) is 96.7 Å². The molecule has 0 spiro atoms. The predicted octanol–water partition coefficient (Wildman–Crippen LogP) is -12.8. The Balaban J connectivity index is 2.32. The minimum atomic E-state index is -2.10. The van der Waals surface area contributed by atoms with Crippen LogP contribution in [0.25, 0.3) is 0 Å². The number of guanidine groups is 1. The monoisotopic (exact) mass is 2150 g/mol. The first kappa shape index (κ1) is 132. The topological polar surface area (TPSA) is 943 Å². The van der Waals surface area contributed by atoms with Crippen molar-refractivity contribution in [1.29, 1.82) is 5.41 Å². The molecule has 0 saturated carbocycles. The number of primary amides is 1. The van der Waals surface area contributed by atoms with Crippen LogP contribution in [0.2, 0.25) is 0 Å². The van der Waals surface area contributed by atoms with Gasteiger partial charge in [0.2, 0.25) is 118 Å². The number of rotatable bonds is 72. The summed E-state index contributed by atoms with van der Waals surface area (Å²) in [6.45, 7) is 6.53. The van der Waals surface area contributed by atoms with Crippen molar-refractivity contribution in [2.24, 2.45) is 40.7 Å². The fourth-order valence-corrected chi connectivity index (χ4v) is 14.4. The summed E-state index contributed by atoms with van der Waals surface area (Å²) < 4.78 is 0. The van der Waals surface area contributed by atoms with Gasteiger partial charge in [-0.25, -0.2) is 4.79 Å². The van der Waals surface area contributed by atoms with Crippen molar-refractivity contribution in [3.63, 3.8) is 0 Å². The lowest BCUT2D eigenvalue weighted by atomic mass is 9.97. The van der Waals surface area contributed by atoms with Crippen molar-refractivity contribution >= 4 is 155 Å². The molecule has 2 aromatic rings. The van der Waals surface area contributed by atoms with Crippen LogP contribution in [0, 0.1) is 23.2 Å². The van der Waals surface area contributed by atoms with Gasteiger partial charge in [-0.05, 0) is 114 Å². The Morgan fingerprint density at radius 1 is 0.347 bits per heavy atom. The Bertz CT molecular complexity index is 4880. The highest BCUT2D eigenvalue weighted by Crippen LogP contribution is 2.17. The summed E-state index contributed by atoms with van der Waals surface area (Å²) in [5, 5.41) is 146. The van der Waals surface area contributed by atoms with Crippen molar-refractivity contribution in [2.75, 3.05) is 58.3 Å². The summed E-state index contributed by atoms with van der Waals surface area (Å²) >= 11 is 3.88. The number of benzene rings is 2. The summed E-state index contributed by atoms with van der Waals surface area (Å²) in [6, 6.07) is -13.3. The van der Waals surface area contributed by atoms with Crippen LogP contribution in [0.15, 0.2) is 60.7 Å². The standard InChI is InChI=1S/C92H147N25O32S/c1-10-46(6)71(87(144)112-63(42-120)86(143)110-60(36-70(130)131)83(140)108-56(32-44(2)3)81(138)105-55(27-29-69(128)129)80(137)113-64(43-150)91(148)149)115-90(147)74(49(9)123)117-84(141)57(33-45(4)5)111-89(146)73(48(8)122)116-85(142)59(35-51-22-15-12-16-23-51)109-79(136)54(26-28-65(95)124)106-88(145)72(47(7)121)114-68(127)39-101-78(135)62(41-119)103-67(126)38-100-77(134)61(40-118)102-66(125)37-99-76(133)53(25-17-18-30-93)104-82(139)58(34-50-20-13-11-14-21-50)107-75(132)52(94)24-19-31-98-92(96)97/h11-16,20-23,44-49,52-64,71-74,118-123,150H,10,17-19,24-43,93-94H2,1-9H3,(H2,95,124)(H,99,133)(H,100,134)(H,101,135)(H,102,125)(H,103,126)(H,104,139)(H,105,138)(H,106,145)(H,107,132)(H,108,140)(H,109,136)(H,110,143)(H,111,146)(H,112,144)(H,113,137)(H,114,127)(H,115,147)(H,116,142)(H,117,141)(H,128,129)(H,130,131)(H,148,149)(H4,96,97,98)/t46-,47+,48+,49+,52-,53-,54-,55-,56-,57-,58-,59-,60-,61-,62-,63-,64-,71-,72-,73-,74-/m0/s1. The van der Waals surface area contributed by atoms with E-state index in [-0.39, 0.29) is 57.6 Å². The number of aliphatic carboxylic acids is 3. The van der Waals surface area contributed by atoms with Gasteiger partial charge in [0.05, 0.1) is 70.2 Å². The summed E-state index contributed by atoms with van der Waals surface area (Å²) in [6.07, 6.45) is -9.05. The largest absolute Gasteiger partial charge is 0.481 e. The van der Waals surface area contributed by atoms with Crippen LogP contribution in [0.4, 0.5) is 0 Å². The van der Waals surface area contributed by atoms with Gasteiger partial charge >= 0.3 is 17.9 Å². The van der Waals surface area contributed by atoms with Crippen molar-refractivity contribution in [3.8, 4) is 0 Å². The molecule has 0 bridgehead atoms. The highest BCUT2D eigenvalue weighted by atomic mass is 32.1. The van der Waals surface area contributed by atoms with E-state index in [0.29, 0.717) is 30.4 Å². The molecule has 0 aliphatic heterocycles. The normalized spacial score (nSPS) is 15.3. The first-order valence-electron chi connectivity index (χ1n) is 48.3. The zero-order valence-electron chi connectivity index (χ0n) is 84.7. The van der Waals surface area contributed by atoms with Crippen LogP contribution >= 0.6 is 12.6 Å². The number of hydrogen-bond acceptors (Lipinski definition) is 33. The van der Waals surface area contributed by atoms with Gasteiger partial charge in [0, 0.05) is 38.0 Å². The molecule has 2 rings (SSSR count). The second-order valence-corrected chi connectivity index (χ2v) is 36.6. The minimum absolute atomic E-state index is 0.000476.